The topological polar surface area (TPSA) is 37.4 Å². The maximum Gasteiger partial charge on any atom is 0.183 e. The Bertz CT molecular complexity index is 616. The molecular formula is C14H15BrClN3OS. The molecule has 1 aliphatic heterocycles. The number of nitrogens with zero attached hydrogens (tertiary/aromatic N) is 2. The summed E-state index contributed by atoms with van der Waals surface area (Å²) in [5.41, 5.74) is 2.31. The summed E-state index contributed by atoms with van der Waals surface area (Å²) in [5.74, 6) is 0. The van der Waals surface area contributed by atoms with Crippen molar-refractivity contribution in [3.8, 4) is 0 Å². The molecule has 0 aliphatic carbocycles. The fourth-order valence-electron chi connectivity index (χ4n) is 2.28. The van der Waals surface area contributed by atoms with Crippen LogP contribution < -0.4 is 10.2 Å². The molecule has 2 aromatic rings. The fraction of sp³-hybridized carbons (Fsp3) is 0.357. The van der Waals surface area contributed by atoms with Gasteiger partial charge < -0.3 is 15.0 Å². The van der Waals surface area contributed by atoms with Crippen LogP contribution in [-0.2, 0) is 11.3 Å². The molecule has 2 heterocycles. The third-order valence-electron chi connectivity index (χ3n) is 3.29. The van der Waals surface area contributed by atoms with Gasteiger partial charge in [0.1, 0.15) is 0 Å². The van der Waals surface area contributed by atoms with Crippen molar-refractivity contribution in [2.45, 2.75) is 6.54 Å². The molecule has 1 aliphatic rings. The molecule has 1 aromatic carbocycles. The number of thiazole rings is 1. The van der Waals surface area contributed by atoms with Crippen LogP contribution in [0.3, 0.4) is 0 Å². The van der Waals surface area contributed by atoms with E-state index >= 15 is 0 Å². The van der Waals surface area contributed by atoms with E-state index in [1.807, 2.05) is 6.20 Å². The van der Waals surface area contributed by atoms with Crippen molar-refractivity contribution >= 4 is 50.2 Å². The van der Waals surface area contributed by atoms with E-state index in [1.54, 1.807) is 0 Å². The predicted octanol–water partition coefficient (Wildman–Crippen LogP) is 4.01. The van der Waals surface area contributed by atoms with E-state index in [2.05, 4.69) is 49.3 Å². The molecule has 21 heavy (non-hydrogen) atoms. The Morgan fingerprint density at radius 2 is 2.19 bits per heavy atom. The van der Waals surface area contributed by atoms with Gasteiger partial charge in [0.05, 0.1) is 31.1 Å². The van der Waals surface area contributed by atoms with Gasteiger partial charge in [0.15, 0.2) is 4.47 Å². The Balaban J connectivity index is 1.77. The second-order valence-electron chi connectivity index (χ2n) is 4.69. The van der Waals surface area contributed by atoms with E-state index in [-0.39, 0.29) is 0 Å². The van der Waals surface area contributed by atoms with Gasteiger partial charge in [0, 0.05) is 28.6 Å². The average Bonchev–Trinajstić information content (AvgIpc) is 2.92. The first-order valence-corrected chi connectivity index (χ1v) is 8.67. The Hall–Kier alpha value is -0.820. The SMILES string of the molecule is Clc1ncc(CNc2cc(Br)ccc2N2CCOCC2)s1. The van der Waals surface area contributed by atoms with E-state index in [1.165, 1.54) is 17.0 Å². The van der Waals surface area contributed by atoms with Crippen LogP contribution in [0.2, 0.25) is 4.47 Å². The van der Waals surface area contributed by atoms with Crippen LogP contribution in [0.25, 0.3) is 0 Å². The maximum absolute atomic E-state index is 5.87. The van der Waals surface area contributed by atoms with Crippen LogP contribution in [0, 0.1) is 0 Å². The summed E-state index contributed by atoms with van der Waals surface area (Å²) in [6.45, 7) is 4.11. The number of nitrogens with one attached hydrogen (secondary N) is 1. The predicted molar refractivity (Wildman–Crippen MR) is 91.6 cm³/mol. The van der Waals surface area contributed by atoms with Crippen LogP contribution in [0.15, 0.2) is 28.9 Å². The molecule has 4 nitrogen and oxygen atoms in total. The summed E-state index contributed by atoms with van der Waals surface area (Å²) >= 11 is 10.9. The standard InChI is InChI=1S/C14H15BrClN3OS/c15-10-1-2-13(19-3-5-20-6-4-19)12(7-10)17-8-11-9-18-14(16)21-11/h1-2,7,9,17H,3-6,8H2. The lowest BCUT2D eigenvalue weighted by Crippen LogP contribution is -2.36. The van der Waals surface area contributed by atoms with Gasteiger partial charge in [-0.05, 0) is 18.2 Å². The highest BCUT2D eigenvalue weighted by Gasteiger charge is 2.15. The molecule has 1 fully saturated rings. The van der Waals surface area contributed by atoms with Crippen LogP contribution >= 0.6 is 38.9 Å². The summed E-state index contributed by atoms with van der Waals surface area (Å²) in [4.78, 5) is 7.53. The Morgan fingerprint density at radius 1 is 1.38 bits per heavy atom. The molecule has 0 atom stereocenters. The van der Waals surface area contributed by atoms with Crippen LogP contribution in [0.4, 0.5) is 11.4 Å². The van der Waals surface area contributed by atoms with E-state index < -0.39 is 0 Å². The smallest absolute Gasteiger partial charge is 0.183 e. The zero-order chi connectivity index (χ0) is 14.7. The Labute approximate surface area is 141 Å². The maximum atomic E-state index is 5.87. The lowest BCUT2D eigenvalue weighted by Gasteiger charge is -2.30. The Kier molecular flexibility index (Phi) is 5.00. The van der Waals surface area contributed by atoms with Gasteiger partial charge in [-0.2, -0.15) is 0 Å². The van der Waals surface area contributed by atoms with E-state index in [9.17, 15) is 0 Å². The van der Waals surface area contributed by atoms with Crippen molar-refractivity contribution in [1.29, 1.82) is 0 Å². The first-order valence-electron chi connectivity index (χ1n) is 6.69. The summed E-state index contributed by atoms with van der Waals surface area (Å²) < 4.78 is 7.06. The highest BCUT2D eigenvalue weighted by atomic mass is 79.9. The fourth-order valence-corrected chi connectivity index (χ4v) is 3.56. The number of aromatic nitrogens is 1. The number of ether oxygens (including phenoxy) is 1. The number of anilines is 2. The normalized spacial score (nSPS) is 15.2. The van der Waals surface area contributed by atoms with E-state index in [0.29, 0.717) is 4.47 Å². The van der Waals surface area contributed by atoms with Crippen molar-refractivity contribution in [3.05, 3.63) is 38.2 Å². The van der Waals surface area contributed by atoms with Crippen molar-refractivity contribution in [2.24, 2.45) is 0 Å². The molecule has 0 saturated carbocycles. The summed E-state index contributed by atoms with van der Waals surface area (Å²) in [6.07, 6.45) is 1.81. The zero-order valence-electron chi connectivity index (χ0n) is 11.3. The monoisotopic (exact) mass is 387 g/mol. The van der Waals surface area contributed by atoms with Crippen molar-refractivity contribution in [3.63, 3.8) is 0 Å². The van der Waals surface area contributed by atoms with Gasteiger partial charge in [0.2, 0.25) is 0 Å². The molecule has 0 spiro atoms. The quantitative estimate of drug-likeness (QED) is 0.859. The zero-order valence-corrected chi connectivity index (χ0v) is 14.5. The molecule has 1 N–H and O–H groups in total. The van der Waals surface area contributed by atoms with E-state index in [4.69, 9.17) is 16.3 Å². The number of benzene rings is 1. The van der Waals surface area contributed by atoms with Gasteiger partial charge in [-0.1, -0.05) is 27.5 Å². The first kappa shape index (κ1) is 15.1. The molecular weight excluding hydrogens is 374 g/mol. The largest absolute Gasteiger partial charge is 0.378 e. The van der Waals surface area contributed by atoms with Gasteiger partial charge in [-0.3, -0.25) is 0 Å². The number of hydrogen-bond acceptors (Lipinski definition) is 5. The third-order valence-corrected chi connectivity index (χ3v) is 4.90. The second kappa shape index (κ2) is 6.96. The van der Waals surface area contributed by atoms with Crippen LogP contribution in [0.1, 0.15) is 4.88 Å². The molecule has 1 aromatic heterocycles. The average molecular weight is 389 g/mol. The highest BCUT2D eigenvalue weighted by molar-refractivity contribution is 9.10. The third kappa shape index (κ3) is 3.88. The molecule has 1 saturated heterocycles. The van der Waals surface area contributed by atoms with Crippen LogP contribution in [0.5, 0.6) is 0 Å². The van der Waals surface area contributed by atoms with Crippen molar-refractivity contribution in [2.75, 3.05) is 36.5 Å². The molecule has 0 amide bonds. The number of rotatable bonds is 4. The lowest BCUT2D eigenvalue weighted by atomic mass is 10.2. The number of morpholine rings is 1. The van der Waals surface area contributed by atoms with Crippen molar-refractivity contribution in [1.82, 2.24) is 4.98 Å². The minimum absolute atomic E-state index is 0.578. The Morgan fingerprint density at radius 3 is 2.90 bits per heavy atom. The molecule has 112 valence electrons. The summed E-state index contributed by atoms with van der Waals surface area (Å²) in [5, 5.41) is 3.48. The van der Waals surface area contributed by atoms with Gasteiger partial charge in [0.25, 0.3) is 0 Å². The van der Waals surface area contributed by atoms with E-state index in [0.717, 1.165) is 47.9 Å². The van der Waals surface area contributed by atoms with Gasteiger partial charge in [-0.15, -0.1) is 11.3 Å². The van der Waals surface area contributed by atoms with Crippen LogP contribution in [-0.4, -0.2) is 31.3 Å². The highest BCUT2D eigenvalue weighted by Crippen LogP contribution is 2.31. The second-order valence-corrected chi connectivity index (χ2v) is 7.31. The first-order chi connectivity index (χ1) is 10.2. The molecule has 0 bridgehead atoms. The molecule has 7 heteroatoms. The number of hydrogen-bond donors (Lipinski definition) is 1. The summed E-state index contributed by atoms with van der Waals surface area (Å²) in [7, 11) is 0. The minimum atomic E-state index is 0.578. The number of halogens is 2. The lowest BCUT2D eigenvalue weighted by molar-refractivity contribution is 0.123. The molecule has 0 unspecified atom stereocenters. The molecule has 3 rings (SSSR count). The molecule has 0 radical (unpaired) electrons. The van der Waals surface area contributed by atoms with Gasteiger partial charge in [-0.25, -0.2) is 4.98 Å². The van der Waals surface area contributed by atoms with Gasteiger partial charge >= 0.3 is 0 Å². The minimum Gasteiger partial charge on any atom is -0.378 e. The summed E-state index contributed by atoms with van der Waals surface area (Å²) in [6, 6.07) is 6.31. The van der Waals surface area contributed by atoms with Crippen molar-refractivity contribution < 1.29 is 4.74 Å².